The van der Waals surface area contributed by atoms with Gasteiger partial charge in [-0.25, -0.2) is 0 Å². The molecule has 0 bridgehead atoms. The van der Waals surface area contributed by atoms with Crippen molar-refractivity contribution in [3.63, 3.8) is 0 Å². The SMILES string of the molecule is Cc1ccc2c(=O)cc(CSCC(=O)Nc3ccccc3Cl)[nH]c2c1C. The van der Waals surface area contributed by atoms with E-state index < -0.39 is 0 Å². The average molecular weight is 387 g/mol. The molecule has 1 heterocycles. The highest BCUT2D eigenvalue weighted by molar-refractivity contribution is 7.99. The lowest BCUT2D eigenvalue weighted by molar-refractivity contribution is -0.113. The van der Waals surface area contributed by atoms with Gasteiger partial charge in [-0.1, -0.05) is 29.8 Å². The summed E-state index contributed by atoms with van der Waals surface area (Å²) in [6.07, 6.45) is 0. The largest absolute Gasteiger partial charge is 0.357 e. The van der Waals surface area contributed by atoms with Crippen molar-refractivity contribution in [3.8, 4) is 0 Å². The number of pyridine rings is 1. The molecule has 0 aliphatic carbocycles. The number of para-hydroxylation sites is 1. The zero-order chi connectivity index (χ0) is 18.7. The first-order valence-corrected chi connectivity index (χ1v) is 9.73. The number of hydrogen-bond acceptors (Lipinski definition) is 3. The second-order valence-corrected chi connectivity index (χ2v) is 7.50. The van der Waals surface area contributed by atoms with Crippen molar-refractivity contribution in [2.75, 3.05) is 11.1 Å². The molecule has 0 spiro atoms. The lowest BCUT2D eigenvalue weighted by atomic mass is 10.0. The Hall–Kier alpha value is -2.24. The molecule has 1 amide bonds. The van der Waals surface area contributed by atoms with E-state index in [4.69, 9.17) is 11.6 Å². The van der Waals surface area contributed by atoms with E-state index in [1.54, 1.807) is 18.2 Å². The first-order chi connectivity index (χ1) is 12.5. The Morgan fingerprint density at radius 1 is 1.19 bits per heavy atom. The summed E-state index contributed by atoms with van der Waals surface area (Å²) in [5.74, 6) is 0.699. The number of H-pyrrole nitrogens is 1. The molecular weight excluding hydrogens is 368 g/mol. The molecular formula is C20H19ClN2O2S. The summed E-state index contributed by atoms with van der Waals surface area (Å²) in [7, 11) is 0. The van der Waals surface area contributed by atoms with Crippen LogP contribution in [0.2, 0.25) is 5.02 Å². The van der Waals surface area contributed by atoms with Crippen LogP contribution in [0, 0.1) is 13.8 Å². The van der Waals surface area contributed by atoms with E-state index >= 15 is 0 Å². The molecule has 3 aromatic rings. The predicted molar refractivity (Wildman–Crippen MR) is 110 cm³/mol. The minimum absolute atomic E-state index is 0.00188. The Labute approximate surface area is 161 Å². The highest BCUT2D eigenvalue weighted by atomic mass is 35.5. The number of aromatic nitrogens is 1. The molecule has 0 aliphatic heterocycles. The number of carbonyl (C=O) groups excluding carboxylic acids is 1. The number of nitrogens with one attached hydrogen (secondary N) is 2. The van der Waals surface area contributed by atoms with Gasteiger partial charge < -0.3 is 10.3 Å². The van der Waals surface area contributed by atoms with Crippen molar-refractivity contribution in [1.29, 1.82) is 0 Å². The van der Waals surface area contributed by atoms with Gasteiger partial charge in [-0.15, -0.1) is 11.8 Å². The van der Waals surface area contributed by atoms with Gasteiger partial charge in [0.2, 0.25) is 5.91 Å². The third-order valence-electron chi connectivity index (χ3n) is 4.23. The fourth-order valence-corrected chi connectivity index (χ4v) is 3.61. The Morgan fingerprint density at radius 3 is 2.73 bits per heavy atom. The number of halogens is 1. The second-order valence-electron chi connectivity index (χ2n) is 6.11. The third-order valence-corrected chi connectivity index (χ3v) is 5.54. The summed E-state index contributed by atoms with van der Waals surface area (Å²) in [6.45, 7) is 4.02. The highest BCUT2D eigenvalue weighted by Gasteiger charge is 2.09. The van der Waals surface area contributed by atoms with Crippen molar-refractivity contribution in [1.82, 2.24) is 4.98 Å². The standard InChI is InChI=1S/C20H19ClN2O2S/c1-12-7-8-15-18(24)9-14(22-20(15)13(12)2)10-26-11-19(25)23-17-6-4-3-5-16(17)21/h3-9H,10-11H2,1-2H3,(H,22,24)(H,23,25). The summed E-state index contributed by atoms with van der Waals surface area (Å²) in [4.78, 5) is 27.7. The minimum atomic E-state index is -0.127. The molecule has 4 nitrogen and oxygen atoms in total. The van der Waals surface area contributed by atoms with E-state index in [1.165, 1.54) is 11.8 Å². The normalized spacial score (nSPS) is 10.9. The molecule has 0 unspecified atom stereocenters. The van der Waals surface area contributed by atoms with Crippen LogP contribution in [0.5, 0.6) is 0 Å². The van der Waals surface area contributed by atoms with Crippen LogP contribution in [0.3, 0.4) is 0 Å². The van der Waals surface area contributed by atoms with Crippen molar-refractivity contribution < 1.29 is 4.79 Å². The van der Waals surface area contributed by atoms with Crippen LogP contribution < -0.4 is 10.7 Å². The number of fused-ring (bicyclic) bond motifs is 1. The van der Waals surface area contributed by atoms with Crippen molar-refractivity contribution in [3.05, 3.63) is 74.5 Å². The molecule has 2 N–H and O–H groups in total. The first kappa shape index (κ1) is 18.5. The summed E-state index contributed by atoms with van der Waals surface area (Å²) in [6, 6.07) is 12.5. The van der Waals surface area contributed by atoms with Crippen LogP contribution in [0.4, 0.5) is 5.69 Å². The summed E-state index contributed by atoms with van der Waals surface area (Å²) >= 11 is 7.48. The molecule has 134 valence electrons. The van der Waals surface area contributed by atoms with E-state index in [9.17, 15) is 9.59 Å². The van der Waals surface area contributed by atoms with E-state index in [1.807, 2.05) is 38.1 Å². The number of anilines is 1. The van der Waals surface area contributed by atoms with E-state index in [-0.39, 0.29) is 17.1 Å². The Kier molecular flexibility index (Phi) is 5.69. The zero-order valence-electron chi connectivity index (χ0n) is 14.6. The number of aryl methyl sites for hydroxylation is 2. The van der Waals surface area contributed by atoms with Gasteiger partial charge >= 0.3 is 0 Å². The molecule has 0 atom stereocenters. The number of benzene rings is 2. The number of aromatic amines is 1. The van der Waals surface area contributed by atoms with Crippen LogP contribution in [-0.2, 0) is 10.5 Å². The molecule has 0 radical (unpaired) electrons. The molecule has 3 rings (SSSR count). The quantitative estimate of drug-likeness (QED) is 0.669. The smallest absolute Gasteiger partial charge is 0.234 e. The average Bonchev–Trinajstić information content (AvgIpc) is 2.60. The van der Waals surface area contributed by atoms with Gasteiger partial charge in [0, 0.05) is 22.9 Å². The maximum atomic E-state index is 12.3. The molecule has 6 heteroatoms. The summed E-state index contributed by atoms with van der Waals surface area (Å²) in [5, 5.41) is 3.99. The zero-order valence-corrected chi connectivity index (χ0v) is 16.1. The number of amides is 1. The highest BCUT2D eigenvalue weighted by Crippen LogP contribution is 2.22. The van der Waals surface area contributed by atoms with Crippen LogP contribution in [0.1, 0.15) is 16.8 Å². The van der Waals surface area contributed by atoms with E-state index in [2.05, 4.69) is 10.3 Å². The van der Waals surface area contributed by atoms with Gasteiger partial charge in [-0.05, 0) is 43.2 Å². The predicted octanol–water partition coefficient (Wildman–Crippen LogP) is 4.67. The fourth-order valence-electron chi connectivity index (χ4n) is 2.70. The van der Waals surface area contributed by atoms with Crippen LogP contribution in [0.15, 0.2) is 47.3 Å². The number of carbonyl (C=O) groups is 1. The van der Waals surface area contributed by atoms with Crippen LogP contribution in [-0.4, -0.2) is 16.6 Å². The van der Waals surface area contributed by atoms with Gasteiger partial charge in [0.15, 0.2) is 5.43 Å². The molecule has 0 saturated carbocycles. The van der Waals surface area contributed by atoms with Crippen molar-refractivity contribution in [2.45, 2.75) is 19.6 Å². The molecule has 0 fully saturated rings. The fraction of sp³-hybridized carbons (Fsp3) is 0.200. The molecule has 26 heavy (non-hydrogen) atoms. The van der Waals surface area contributed by atoms with Gasteiger partial charge in [-0.2, -0.15) is 0 Å². The third kappa shape index (κ3) is 4.11. The van der Waals surface area contributed by atoms with Crippen LogP contribution >= 0.6 is 23.4 Å². The van der Waals surface area contributed by atoms with Gasteiger partial charge in [-0.3, -0.25) is 9.59 Å². The Balaban J connectivity index is 1.66. The summed E-state index contributed by atoms with van der Waals surface area (Å²) < 4.78 is 0. The number of rotatable bonds is 5. The molecule has 2 aromatic carbocycles. The van der Waals surface area contributed by atoms with Crippen molar-refractivity contribution >= 4 is 45.9 Å². The first-order valence-electron chi connectivity index (χ1n) is 8.20. The Bertz CT molecular complexity index is 1030. The van der Waals surface area contributed by atoms with Gasteiger partial charge in [0.1, 0.15) is 0 Å². The molecule has 1 aromatic heterocycles. The van der Waals surface area contributed by atoms with E-state index in [0.29, 0.717) is 21.8 Å². The number of hydrogen-bond donors (Lipinski definition) is 2. The van der Waals surface area contributed by atoms with E-state index in [0.717, 1.165) is 22.3 Å². The topological polar surface area (TPSA) is 62.0 Å². The second kappa shape index (κ2) is 7.98. The lowest BCUT2D eigenvalue weighted by Crippen LogP contribution is -2.14. The number of thioether (sulfide) groups is 1. The van der Waals surface area contributed by atoms with Crippen molar-refractivity contribution in [2.24, 2.45) is 0 Å². The maximum Gasteiger partial charge on any atom is 0.234 e. The maximum absolute atomic E-state index is 12.3. The minimum Gasteiger partial charge on any atom is -0.357 e. The molecule has 0 aliphatic rings. The monoisotopic (exact) mass is 386 g/mol. The lowest BCUT2D eigenvalue weighted by Gasteiger charge is -2.09. The van der Waals surface area contributed by atoms with Gasteiger partial charge in [0.05, 0.1) is 22.0 Å². The van der Waals surface area contributed by atoms with Gasteiger partial charge in [0.25, 0.3) is 0 Å². The summed E-state index contributed by atoms with van der Waals surface area (Å²) in [5.41, 5.74) is 4.49. The van der Waals surface area contributed by atoms with Crippen LogP contribution in [0.25, 0.3) is 10.9 Å². The molecule has 0 saturated heterocycles. The Morgan fingerprint density at radius 2 is 1.96 bits per heavy atom.